The molecular weight excluding hydrogens is 350 g/mol. The van der Waals surface area contributed by atoms with Crippen LogP contribution in [0, 0.1) is 20.8 Å². The van der Waals surface area contributed by atoms with Crippen molar-refractivity contribution in [1.82, 2.24) is 10.3 Å². The summed E-state index contributed by atoms with van der Waals surface area (Å²) in [5.74, 6) is -0.440. The second-order valence-corrected chi connectivity index (χ2v) is 7.82. The van der Waals surface area contributed by atoms with Crippen LogP contribution in [-0.4, -0.2) is 22.8 Å². The lowest BCUT2D eigenvalue weighted by Crippen LogP contribution is -2.34. The molecule has 5 nitrogen and oxygen atoms in total. The first kappa shape index (κ1) is 20.1. The molecule has 5 heteroatoms. The van der Waals surface area contributed by atoms with Crippen LogP contribution in [-0.2, 0) is 0 Å². The molecule has 0 saturated heterocycles. The Morgan fingerprint density at radius 2 is 1.57 bits per heavy atom. The summed E-state index contributed by atoms with van der Waals surface area (Å²) in [5.41, 5.74) is 4.69. The highest BCUT2D eigenvalue weighted by molar-refractivity contribution is 6.05. The summed E-state index contributed by atoms with van der Waals surface area (Å²) in [7, 11) is 0. The van der Waals surface area contributed by atoms with Gasteiger partial charge in [-0.05, 0) is 56.9 Å². The Morgan fingerprint density at radius 1 is 0.929 bits per heavy atom. The third-order valence-corrected chi connectivity index (χ3v) is 5.36. The van der Waals surface area contributed by atoms with E-state index in [9.17, 15) is 9.59 Å². The number of aromatic nitrogens is 1. The zero-order valence-electron chi connectivity index (χ0n) is 17.0. The topological polar surface area (TPSA) is 71.1 Å². The van der Waals surface area contributed by atoms with Gasteiger partial charge in [0.15, 0.2) is 0 Å². The van der Waals surface area contributed by atoms with Crippen LogP contribution in [0.4, 0.5) is 5.69 Å². The number of pyridine rings is 1. The number of benzene rings is 1. The summed E-state index contributed by atoms with van der Waals surface area (Å²) in [6.07, 6.45) is 8.36. The van der Waals surface area contributed by atoms with Crippen LogP contribution in [0.3, 0.4) is 0 Å². The van der Waals surface area contributed by atoms with Gasteiger partial charge in [-0.25, -0.2) is 0 Å². The van der Waals surface area contributed by atoms with E-state index in [2.05, 4.69) is 15.6 Å². The second kappa shape index (κ2) is 9.00. The molecule has 0 atom stereocenters. The zero-order chi connectivity index (χ0) is 20.1. The minimum Gasteiger partial charge on any atom is -0.349 e. The Balaban J connectivity index is 1.72. The monoisotopic (exact) mass is 379 g/mol. The van der Waals surface area contributed by atoms with Crippen molar-refractivity contribution in [2.75, 3.05) is 5.32 Å². The summed E-state index contributed by atoms with van der Waals surface area (Å²) >= 11 is 0. The highest BCUT2D eigenvalue weighted by Gasteiger charge is 2.18. The summed E-state index contributed by atoms with van der Waals surface area (Å²) in [6.45, 7) is 5.98. The van der Waals surface area contributed by atoms with Crippen LogP contribution in [0.25, 0.3) is 0 Å². The van der Waals surface area contributed by atoms with Gasteiger partial charge in [0.2, 0.25) is 0 Å². The van der Waals surface area contributed by atoms with Crippen molar-refractivity contribution in [1.29, 1.82) is 0 Å². The minimum absolute atomic E-state index is 0.133. The van der Waals surface area contributed by atoms with Crippen molar-refractivity contribution in [3.8, 4) is 0 Å². The molecule has 0 unspecified atom stereocenters. The predicted molar refractivity (Wildman–Crippen MR) is 112 cm³/mol. The average molecular weight is 380 g/mol. The highest BCUT2D eigenvalue weighted by atomic mass is 16.2. The zero-order valence-corrected chi connectivity index (χ0v) is 17.0. The van der Waals surface area contributed by atoms with E-state index in [1.807, 2.05) is 32.9 Å². The van der Waals surface area contributed by atoms with E-state index in [1.165, 1.54) is 19.0 Å². The lowest BCUT2D eigenvalue weighted by Gasteiger charge is -2.16. The molecule has 3 rings (SSSR count). The largest absolute Gasteiger partial charge is 0.349 e. The van der Waals surface area contributed by atoms with E-state index in [0.717, 1.165) is 48.1 Å². The van der Waals surface area contributed by atoms with Crippen molar-refractivity contribution < 1.29 is 9.59 Å². The van der Waals surface area contributed by atoms with Gasteiger partial charge in [-0.15, -0.1) is 0 Å². The molecule has 1 fully saturated rings. The average Bonchev–Trinajstić information content (AvgIpc) is 2.93. The summed E-state index contributed by atoms with van der Waals surface area (Å²) in [4.78, 5) is 29.5. The van der Waals surface area contributed by atoms with Crippen molar-refractivity contribution in [3.05, 3.63) is 58.4 Å². The number of anilines is 1. The molecule has 2 amide bonds. The van der Waals surface area contributed by atoms with Crippen molar-refractivity contribution in [2.45, 2.75) is 65.3 Å². The SMILES string of the molecule is Cc1cc(C)c(NC(=O)c2cc(C(=O)NC3CCCCCC3)ccn2)c(C)c1. The molecule has 1 heterocycles. The number of hydrogen-bond acceptors (Lipinski definition) is 3. The number of nitrogens with zero attached hydrogens (tertiary/aromatic N) is 1. The summed E-state index contributed by atoms with van der Waals surface area (Å²) in [6, 6.07) is 7.52. The van der Waals surface area contributed by atoms with E-state index in [0.29, 0.717) is 5.56 Å². The van der Waals surface area contributed by atoms with Gasteiger partial charge in [-0.1, -0.05) is 43.4 Å². The van der Waals surface area contributed by atoms with E-state index in [1.54, 1.807) is 12.1 Å². The number of carbonyl (C=O) groups excluding carboxylic acids is 2. The van der Waals surface area contributed by atoms with Gasteiger partial charge in [0.25, 0.3) is 11.8 Å². The fourth-order valence-corrected chi connectivity index (χ4v) is 3.94. The second-order valence-electron chi connectivity index (χ2n) is 7.82. The number of nitrogens with one attached hydrogen (secondary N) is 2. The van der Waals surface area contributed by atoms with Gasteiger partial charge in [-0.2, -0.15) is 0 Å². The Kier molecular flexibility index (Phi) is 6.45. The van der Waals surface area contributed by atoms with Crippen LogP contribution in [0.1, 0.15) is 76.1 Å². The highest BCUT2D eigenvalue weighted by Crippen LogP contribution is 2.22. The van der Waals surface area contributed by atoms with Crippen LogP contribution in [0.2, 0.25) is 0 Å². The van der Waals surface area contributed by atoms with E-state index in [4.69, 9.17) is 0 Å². The van der Waals surface area contributed by atoms with Crippen molar-refractivity contribution in [3.63, 3.8) is 0 Å². The molecule has 0 aliphatic heterocycles. The molecule has 0 radical (unpaired) electrons. The first-order valence-electron chi connectivity index (χ1n) is 10.1. The van der Waals surface area contributed by atoms with Gasteiger partial charge < -0.3 is 10.6 Å². The number of amides is 2. The lowest BCUT2D eigenvalue weighted by atomic mass is 10.0. The molecule has 1 aromatic heterocycles. The Morgan fingerprint density at radius 3 is 2.21 bits per heavy atom. The molecule has 2 N–H and O–H groups in total. The Labute approximate surface area is 167 Å². The fourth-order valence-electron chi connectivity index (χ4n) is 3.94. The van der Waals surface area contributed by atoms with E-state index < -0.39 is 0 Å². The quantitative estimate of drug-likeness (QED) is 0.756. The lowest BCUT2D eigenvalue weighted by molar-refractivity contribution is 0.0933. The van der Waals surface area contributed by atoms with E-state index in [-0.39, 0.29) is 23.6 Å². The number of hydrogen-bond donors (Lipinski definition) is 2. The smallest absolute Gasteiger partial charge is 0.274 e. The van der Waals surface area contributed by atoms with Crippen LogP contribution >= 0.6 is 0 Å². The molecule has 0 bridgehead atoms. The van der Waals surface area contributed by atoms with Gasteiger partial charge in [0, 0.05) is 23.5 Å². The van der Waals surface area contributed by atoms with Gasteiger partial charge in [0.1, 0.15) is 5.69 Å². The first-order valence-corrected chi connectivity index (χ1v) is 10.1. The Bertz CT molecular complexity index is 845. The van der Waals surface area contributed by atoms with Crippen molar-refractivity contribution in [2.24, 2.45) is 0 Å². The van der Waals surface area contributed by atoms with Crippen LogP contribution in [0.5, 0.6) is 0 Å². The molecule has 1 aliphatic rings. The van der Waals surface area contributed by atoms with Gasteiger partial charge in [-0.3, -0.25) is 14.6 Å². The molecule has 1 saturated carbocycles. The maximum Gasteiger partial charge on any atom is 0.274 e. The number of aryl methyl sites for hydroxylation is 3. The van der Waals surface area contributed by atoms with Gasteiger partial charge in [0.05, 0.1) is 0 Å². The number of carbonyl (C=O) groups is 2. The van der Waals surface area contributed by atoms with Gasteiger partial charge >= 0.3 is 0 Å². The van der Waals surface area contributed by atoms with Crippen molar-refractivity contribution >= 4 is 17.5 Å². The molecule has 2 aromatic rings. The Hall–Kier alpha value is -2.69. The molecular formula is C23H29N3O2. The fraction of sp³-hybridized carbons (Fsp3) is 0.435. The first-order chi connectivity index (χ1) is 13.4. The van der Waals surface area contributed by atoms with Crippen LogP contribution in [0.15, 0.2) is 30.5 Å². The molecule has 1 aromatic carbocycles. The standard InChI is InChI=1S/C23H29N3O2/c1-15-12-16(2)21(17(3)13-15)26-23(28)20-14-18(10-11-24-20)22(27)25-19-8-6-4-5-7-9-19/h10-14,19H,4-9H2,1-3H3,(H,25,27)(H,26,28). The normalized spacial score (nSPS) is 15.0. The molecule has 28 heavy (non-hydrogen) atoms. The maximum absolute atomic E-state index is 12.7. The third-order valence-electron chi connectivity index (χ3n) is 5.36. The number of rotatable bonds is 4. The van der Waals surface area contributed by atoms with E-state index >= 15 is 0 Å². The minimum atomic E-state index is -0.306. The third kappa shape index (κ3) is 4.97. The van der Waals surface area contributed by atoms with Crippen LogP contribution < -0.4 is 10.6 Å². The maximum atomic E-state index is 12.7. The predicted octanol–water partition coefficient (Wildman–Crippen LogP) is 4.71. The molecule has 1 aliphatic carbocycles. The molecule has 0 spiro atoms. The summed E-state index contributed by atoms with van der Waals surface area (Å²) in [5, 5.41) is 6.06. The molecule has 148 valence electrons. The summed E-state index contributed by atoms with van der Waals surface area (Å²) < 4.78 is 0.